The number of likely N-dealkylation sites (tertiary alicyclic amines) is 1. The lowest BCUT2D eigenvalue weighted by molar-refractivity contribution is -0.133. The normalized spacial score (nSPS) is 29.2. The van der Waals surface area contributed by atoms with E-state index in [1.165, 1.54) is 0 Å². The number of nitrogens with one attached hydrogen (secondary N) is 2. The minimum absolute atomic E-state index is 0.0890. The second kappa shape index (κ2) is 6.98. The van der Waals surface area contributed by atoms with E-state index in [4.69, 9.17) is 4.55 Å². The molecule has 3 heterocycles. The molecule has 2 bridgehead atoms. The van der Waals surface area contributed by atoms with Crippen LogP contribution in [0.2, 0.25) is 0 Å². The number of hydrazine groups is 1. The molecule has 0 aromatic heterocycles. The maximum atomic E-state index is 12.4. The van der Waals surface area contributed by atoms with Crippen LogP contribution in [-0.4, -0.2) is 83.9 Å². The van der Waals surface area contributed by atoms with Crippen molar-refractivity contribution in [1.29, 1.82) is 0 Å². The summed E-state index contributed by atoms with van der Waals surface area (Å²) in [6, 6.07) is -2.57. The van der Waals surface area contributed by atoms with Crippen LogP contribution in [0.25, 0.3) is 0 Å². The fourth-order valence-corrected chi connectivity index (χ4v) is 4.02. The van der Waals surface area contributed by atoms with Gasteiger partial charge in [0.15, 0.2) is 0 Å². The Morgan fingerprint density at radius 1 is 1.15 bits per heavy atom. The molecule has 3 aliphatic heterocycles. The second-order valence-electron chi connectivity index (χ2n) is 6.63. The molecule has 3 fully saturated rings. The number of hydrogen-bond donors (Lipinski definition) is 3. The number of amides is 4. The number of carbonyl (C=O) groups excluding carboxylic acids is 3. The van der Waals surface area contributed by atoms with Crippen LogP contribution < -0.4 is 10.9 Å². The molecule has 4 amide bonds. The number of hydroxylamine groups is 2. The van der Waals surface area contributed by atoms with E-state index in [9.17, 15) is 22.8 Å². The molecule has 0 spiro atoms. The van der Waals surface area contributed by atoms with Gasteiger partial charge < -0.3 is 4.90 Å². The molecule has 146 valence electrons. The van der Waals surface area contributed by atoms with Gasteiger partial charge in [0, 0.05) is 6.54 Å². The highest BCUT2D eigenvalue weighted by Crippen LogP contribution is 2.30. The fraction of sp³-hybridized carbons (Fsp3) is 0.769. The molecule has 12 nitrogen and oxygen atoms in total. The Labute approximate surface area is 150 Å². The van der Waals surface area contributed by atoms with Gasteiger partial charge in [-0.3, -0.25) is 29.9 Å². The van der Waals surface area contributed by atoms with Gasteiger partial charge in [-0.1, -0.05) is 0 Å². The molecule has 3 saturated heterocycles. The van der Waals surface area contributed by atoms with Crippen molar-refractivity contribution in [3.63, 3.8) is 0 Å². The maximum absolute atomic E-state index is 12.4. The summed E-state index contributed by atoms with van der Waals surface area (Å²) in [4.78, 5) is 39.8. The summed E-state index contributed by atoms with van der Waals surface area (Å²) in [6.45, 7) is 0.897. The van der Waals surface area contributed by atoms with Gasteiger partial charge in [0.25, 0.3) is 11.8 Å². The Kier molecular flexibility index (Phi) is 5.05. The van der Waals surface area contributed by atoms with Gasteiger partial charge in [-0.2, -0.15) is 13.5 Å². The van der Waals surface area contributed by atoms with Crippen LogP contribution in [0.5, 0.6) is 0 Å². The number of rotatable bonds is 4. The molecular weight excluding hydrogens is 370 g/mol. The van der Waals surface area contributed by atoms with E-state index in [1.807, 2.05) is 11.9 Å². The molecule has 0 saturated carbocycles. The Hall–Kier alpha value is -1.96. The first-order valence-corrected chi connectivity index (χ1v) is 9.60. The number of hydrogen-bond acceptors (Lipinski definition) is 7. The monoisotopic (exact) mass is 391 g/mol. The average molecular weight is 391 g/mol. The number of likely N-dealkylation sites (N-methyl/N-ethyl adjacent to an activating group) is 1. The standard InChI is InChI=1S/C13H21N5O7S/c1-16-6-2-3-9(16)11(19)14-15-12(20)10-5-4-8-7-17(10)13(21)18(8)25-26(22,23)24/h8-10H,2-7H2,1H3,(H,14,19)(H,15,20)(H,22,23,24)/t8?,9?,10-/m0/s1. The summed E-state index contributed by atoms with van der Waals surface area (Å²) < 4.78 is 34.8. The lowest BCUT2D eigenvalue weighted by Gasteiger charge is -2.29. The van der Waals surface area contributed by atoms with E-state index in [1.54, 1.807) is 0 Å². The van der Waals surface area contributed by atoms with Gasteiger partial charge in [-0.25, -0.2) is 4.79 Å². The predicted molar refractivity (Wildman–Crippen MR) is 85.3 cm³/mol. The van der Waals surface area contributed by atoms with Crippen LogP contribution in [-0.2, 0) is 24.3 Å². The van der Waals surface area contributed by atoms with Crippen molar-refractivity contribution in [2.45, 2.75) is 43.8 Å². The van der Waals surface area contributed by atoms with Crippen molar-refractivity contribution < 1.29 is 31.6 Å². The van der Waals surface area contributed by atoms with Crippen LogP contribution in [0.15, 0.2) is 0 Å². The molecule has 2 unspecified atom stereocenters. The molecule has 3 N–H and O–H groups in total. The molecule has 3 aliphatic rings. The number of nitrogens with zero attached hydrogens (tertiary/aromatic N) is 3. The smallest absolute Gasteiger partial charge is 0.309 e. The summed E-state index contributed by atoms with van der Waals surface area (Å²) in [5.41, 5.74) is 4.71. The van der Waals surface area contributed by atoms with E-state index >= 15 is 0 Å². The van der Waals surface area contributed by atoms with Gasteiger partial charge in [-0.15, -0.1) is 4.28 Å². The minimum atomic E-state index is -4.84. The molecule has 3 atom stereocenters. The van der Waals surface area contributed by atoms with E-state index in [-0.39, 0.29) is 24.9 Å². The molecule has 0 aliphatic carbocycles. The van der Waals surface area contributed by atoms with Crippen molar-refractivity contribution in [3.8, 4) is 0 Å². The highest BCUT2D eigenvalue weighted by atomic mass is 32.3. The second-order valence-corrected chi connectivity index (χ2v) is 7.63. The van der Waals surface area contributed by atoms with Crippen molar-refractivity contribution >= 4 is 28.2 Å². The van der Waals surface area contributed by atoms with Crippen LogP contribution >= 0.6 is 0 Å². The Balaban J connectivity index is 1.57. The zero-order valence-electron chi connectivity index (χ0n) is 14.1. The quantitative estimate of drug-likeness (QED) is 0.377. The number of fused-ring (bicyclic) bond motifs is 2. The topological polar surface area (TPSA) is 149 Å². The van der Waals surface area contributed by atoms with E-state index < -0.39 is 34.4 Å². The Morgan fingerprint density at radius 2 is 1.81 bits per heavy atom. The first-order valence-electron chi connectivity index (χ1n) is 8.24. The zero-order chi connectivity index (χ0) is 19.1. The third kappa shape index (κ3) is 3.75. The first-order chi connectivity index (χ1) is 12.2. The number of urea groups is 1. The van der Waals surface area contributed by atoms with Crippen LogP contribution in [0.4, 0.5) is 4.79 Å². The largest absolute Gasteiger partial charge is 0.418 e. The lowest BCUT2D eigenvalue weighted by Crippen LogP contribution is -2.56. The average Bonchev–Trinajstić information content (AvgIpc) is 3.09. The third-order valence-corrected chi connectivity index (χ3v) is 5.28. The van der Waals surface area contributed by atoms with E-state index in [0.29, 0.717) is 17.9 Å². The van der Waals surface area contributed by atoms with Crippen molar-refractivity contribution in [3.05, 3.63) is 0 Å². The van der Waals surface area contributed by atoms with E-state index in [2.05, 4.69) is 15.1 Å². The summed E-state index contributed by atoms with van der Waals surface area (Å²) in [5, 5.41) is 0.564. The minimum Gasteiger partial charge on any atom is -0.309 e. The van der Waals surface area contributed by atoms with Crippen molar-refractivity contribution in [2.75, 3.05) is 20.1 Å². The molecule has 3 rings (SSSR count). The lowest BCUT2D eigenvalue weighted by atomic mass is 10.0. The summed E-state index contributed by atoms with van der Waals surface area (Å²) >= 11 is 0. The predicted octanol–water partition coefficient (Wildman–Crippen LogP) is -1.77. The van der Waals surface area contributed by atoms with Gasteiger partial charge in [0.1, 0.15) is 6.04 Å². The zero-order valence-corrected chi connectivity index (χ0v) is 14.9. The van der Waals surface area contributed by atoms with Gasteiger partial charge in [-0.05, 0) is 39.3 Å². The summed E-state index contributed by atoms with van der Waals surface area (Å²) in [7, 11) is -3.01. The van der Waals surface area contributed by atoms with Gasteiger partial charge >= 0.3 is 16.4 Å². The number of carbonyl (C=O) groups is 3. The Morgan fingerprint density at radius 3 is 2.38 bits per heavy atom. The van der Waals surface area contributed by atoms with Crippen LogP contribution in [0, 0.1) is 0 Å². The third-order valence-electron chi connectivity index (χ3n) is 4.93. The Bertz CT molecular complexity index is 714. The number of piperidine rings is 1. The maximum Gasteiger partial charge on any atom is 0.418 e. The van der Waals surface area contributed by atoms with Gasteiger partial charge in [0.05, 0.1) is 12.1 Å². The summed E-state index contributed by atoms with van der Waals surface area (Å²) in [6.07, 6.45) is 2.19. The fourth-order valence-electron chi connectivity index (χ4n) is 3.64. The molecular formula is C13H21N5O7S. The molecule has 0 aromatic rings. The highest BCUT2D eigenvalue weighted by Gasteiger charge is 2.49. The first kappa shape index (κ1) is 18.8. The van der Waals surface area contributed by atoms with Crippen LogP contribution in [0.3, 0.4) is 0 Å². The molecule has 26 heavy (non-hydrogen) atoms. The van der Waals surface area contributed by atoms with Crippen molar-refractivity contribution in [2.24, 2.45) is 0 Å². The highest BCUT2D eigenvalue weighted by molar-refractivity contribution is 7.80. The van der Waals surface area contributed by atoms with E-state index in [0.717, 1.165) is 17.9 Å². The molecule has 0 aromatic carbocycles. The van der Waals surface area contributed by atoms with Crippen LogP contribution in [0.1, 0.15) is 25.7 Å². The van der Waals surface area contributed by atoms with Crippen molar-refractivity contribution in [1.82, 2.24) is 25.7 Å². The molecule has 13 heteroatoms. The molecule has 0 radical (unpaired) electrons. The van der Waals surface area contributed by atoms with Gasteiger partial charge in [0.2, 0.25) is 0 Å². The summed E-state index contributed by atoms with van der Waals surface area (Å²) in [5.74, 6) is -0.893. The SMILES string of the molecule is CN1CCCC1C(=O)NNC(=O)[C@@H]1CCC2CN1C(=O)N2OS(=O)(=O)O.